The lowest BCUT2D eigenvalue weighted by Gasteiger charge is -2.31. The van der Waals surface area contributed by atoms with Gasteiger partial charge in [0.15, 0.2) is 5.78 Å². The van der Waals surface area contributed by atoms with Gasteiger partial charge in [0.25, 0.3) is 5.91 Å². The molecule has 0 aromatic heterocycles. The van der Waals surface area contributed by atoms with Crippen LogP contribution in [0, 0.1) is 5.92 Å². The van der Waals surface area contributed by atoms with E-state index in [0.717, 1.165) is 6.42 Å². The van der Waals surface area contributed by atoms with E-state index in [1.165, 1.54) is 6.92 Å². The molecular formula is C16H24N2O2. The summed E-state index contributed by atoms with van der Waals surface area (Å²) in [6.45, 7) is 8.05. The highest BCUT2D eigenvalue weighted by atomic mass is 16.1. The van der Waals surface area contributed by atoms with E-state index in [1.807, 2.05) is 6.92 Å². The fourth-order valence-electron chi connectivity index (χ4n) is 2.29. The Morgan fingerprint density at radius 3 is 2.10 bits per heavy atom. The molecule has 1 aromatic rings. The normalized spacial score (nSPS) is 13.9. The fourth-order valence-corrected chi connectivity index (χ4v) is 2.29. The molecule has 0 radical (unpaired) electrons. The van der Waals surface area contributed by atoms with Gasteiger partial charge in [0.05, 0.1) is 0 Å². The summed E-state index contributed by atoms with van der Waals surface area (Å²) in [5.74, 6) is 0.279. The highest BCUT2D eigenvalue weighted by molar-refractivity contribution is 5.98. The molecule has 1 rings (SSSR count). The maximum absolute atomic E-state index is 12.2. The Morgan fingerprint density at radius 1 is 1.20 bits per heavy atom. The first kappa shape index (κ1) is 16.4. The molecule has 110 valence electrons. The number of nitrogens with one attached hydrogen (secondary N) is 1. The van der Waals surface area contributed by atoms with Crippen LogP contribution in [0.3, 0.4) is 0 Å². The second-order valence-corrected chi connectivity index (χ2v) is 5.95. The van der Waals surface area contributed by atoms with Crippen molar-refractivity contribution in [3.63, 3.8) is 0 Å². The topological polar surface area (TPSA) is 72.2 Å². The molecule has 0 saturated heterocycles. The first-order valence-corrected chi connectivity index (χ1v) is 6.91. The maximum Gasteiger partial charge on any atom is 0.251 e. The molecule has 4 nitrogen and oxygen atoms in total. The Balaban J connectivity index is 2.81. The largest absolute Gasteiger partial charge is 0.346 e. The number of rotatable bonds is 6. The van der Waals surface area contributed by atoms with E-state index in [4.69, 9.17) is 5.73 Å². The lowest BCUT2D eigenvalue weighted by molar-refractivity contribution is 0.0897. The summed E-state index contributed by atoms with van der Waals surface area (Å²) in [6, 6.07) is 6.66. The van der Waals surface area contributed by atoms with Crippen molar-refractivity contribution >= 4 is 11.7 Å². The minimum atomic E-state index is -0.412. The number of hydrogen-bond donors (Lipinski definition) is 2. The van der Waals surface area contributed by atoms with Gasteiger partial charge < -0.3 is 11.1 Å². The van der Waals surface area contributed by atoms with Crippen molar-refractivity contribution in [2.24, 2.45) is 11.7 Å². The van der Waals surface area contributed by atoms with Crippen molar-refractivity contribution in [1.29, 1.82) is 0 Å². The molecule has 0 aliphatic rings. The average molecular weight is 276 g/mol. The lowest BCUT2D eigenvalue weighted by atomic mass is 9.90. The Kier molecular flexibility index (Phi) is 5.45. The van der Waals surface area contributed by atoms with Crippen LogP contribution in [0.25, 0.3) is 0 Å². The second-order valence-electron chi connectivity index (χ2n) is 5.95. The zero-order chi connectivity index (χ0) is 15.3. The van der Waals surface area contributed by atoms with Gasteiger partial charge in [-0.1, -0.05) is 26.0 Å². The Labute approximate surface area is 120 Å². The first-order valence-electron chi connectivity index (χ1n) is 6.91. The quantitative estimate of drug-likeness (QED) is 0.784. The van der Waals surface area contributed by atoms with Crippen molar-refractivity contribution in [3.8, 4) is 0 Å². The predicted octanol–water partition coefficient (Wildman–Crippen LogP) is 2.38. The summed E-state index contributed by atoms with van der Waals surface area (Å²) in [5, 5.41) is 2.99. The molecule has 1 unspecified atom stereocenters. The van der Waals surface area contributed by atoms with Crippen LogP contribution in [0.15, 0.2) is 24.3 Å². The molecule has 0 aliphatic heterocycles. The number of nitrogens with two attached hydrogens (primary N) is 1. The molecule has 1 aromatic carbocycles. The summed E-state index contributed by atoms with van der Waals surface area (Å²) in [5.41, 5.74) is 6.52. The van der Waals surface area contributed by atoms with Crippen LogP contribution >= 0.6 is 0 Å². The van der Waals surface area contributed by atoms with Gasteiger partial charge in [0.1, 0.15) is 0 Å². The SMILES string of the molecule is CC(=O)c1ccc(C(=O)NC(C)(CN)CC(C)C)cc1. The molecule has 0 bridgehead atoms. The van der Waals surface area contributed by atoms with Crippen molar-refractivity contribution in [1.82, 2.24) is 5.32 Å². The van der Waals surface area contributed by atoms with Crippen LogP contribution in [0.5, 0.6) is 0 Å². The fraction of sp³-hybridized carbons (Fsp3) is 0.500. The zero-order valence-corrected chi connectivity index (χ0v) is 12.7. The van der Waals surface area contributed by atoms with E-state index in [0.29, 0.717) is 23.6 Å². The van der Waals surface area contributed by atoms with E-state index in [1.54, 1.807) is 24.3 Å². The summed E-state index contributed by atoms with van der Waals surface area (Å²) in [7, 11) is 0. The molecule has 0 aliphatic carbocycles. The number of carbonyl (C=O) groups is 2. The minimum absolute atomic E-state index is 0.0106. The highest BCUT2D eigenvalue weighted by Gasteiger charge is 2.26. The smallest absolute Gasteiger partial charge is 0.251 e. The monoisotopic (exact) mass is 276 g/mol. The molecule has 0 saturated carbocycles. The van der Waals surface area contributed by atoms with Gasteiger partial charge in [-0.3, -0.25) is 9.59 Å². The zero-order valence-electron chi connectivity index (χ0n) is 12.7. The lowest BCUT2D eigenvalue weighted by Crippen LogP contribution is -2.52. The standard InChI is InChI=1S/C16H24N2O2/c1-11(2)9-16(4,10-17)18-15(20)14-7-5-13(6-8-14)12(3)19/h5-8,11H,9-10,17H2,1-4H3,(H,18,20). The van der Waals surface area contributed by atoms with E-state index >= 15 is 0 Å². The Morgan fingerprint density at radius 2 is 1.70 bits per heavy atom. The van der Waals surface area contributed by atoms with Gasteiger partial charge in [0, 0.05) is 23.2 Å². The Bertz CT molecular complexity index is 480. The first-order chi connectivity index (χ1) is 9.27. The van der Waals surface area contributed by atoms with Crippen LogP contribution in [0.1, 0.15) is 54.8 Å². The van der Waals surface area contributed by atoms with Gasteiger partial charge in [-0.15, -0.1) is 0 Å². The van der Waals surface area contributed by atoms with Crippen molar-refractivity contribution in [3.05, 3.63) is 35.4 Å². The predicted molar refractivity (Wildman–Crippen MR) is 80.8 cm³/mol. The summed E-state index contributed by atoms with van der Waals surface area (Å²) < 4.78 is 0. The van der Waals surface area contributed by atoms with Crippen molar-refractivity contribution in [2.75, 3.05) is 6.54 Å². The number of carbonyl (C=O) groups excluding carboxylic acids is 2. The molecule has 0 spiro atoms. The van der Waals surface area contributed by atoms with Crippen molar-refractivity contribution < 1.29 is 9.59 Å². The average Bonchev–Trinajstić information content (AvgIpc) is 2.37. The highest BCUT2D eigenvalue weighted by Crippen LogP contribution is 2.16. The van der Waals surface area contributed by atoms with Gasteiger partial charge >= 0.3 is 0 Å². The summed E-state index contributed by atoms with van der Waals surface area (Å²) >= 11 is 0. The van der Waals surface area contributed by atoms with Crippen molar-refractivity contribution in [2.45, 2.75) is 39.7 Å². The van der Waals surface area contributed by atoms with Crippen LogP contribution in [-0.2, 0) is 0 Å². The maximum atomic E-state index is 12.2. The van der Waals surface area contributed by atoms with E-state index in [2.05, 4.69) is 19.2 Å². The van der Waals surface area contributed by atoms with E-state index in [-0.39, 0.29) is 11.7 Å². The molecule has 1 amide bonds. The summed E-state index contributed by atoms with van der Waals surface area (Å²) in [6.07, 6.45) is 0.820. The Hall–Kier alpha value is -1.68. The second kappa shape index (κ2) is 6.66. The number of Topliss-reactive ketones (excluding diaryl/α,β-unsaturated/α-hetero) is 1. The molecule has 4 heteroatoms. The molecule has 3 N–H and O–H groups in total. The van der Waals surface area contributed by atoms with Gasteiger partial charge in [0.2, 0.25) is 0 Å². The molecule has 0 fully saturated rings. The summed E-state index contributed by atoms with van der Waals surface area (Å²) in [4.78, 5) is 23.4. The van der Waals surface area contributed by atoms with Gasteiger partial charge in [-0.05, 0) is 38.3 Å². The minimum Gasteiger partial charge on any atom is -0.346 e. The number of hydrogen-bond acceptors (Lipinski definition) is 3. The number of benzene rings is 1. The third-order valence-corrected chi connectivity index (χ3v) is 3.28. The molecule has 1 atom stereocenters. The molecular weight excluding hydrogens is 252 g/mol. The number of amides is 1. The van der Waals surface area contributed by atoms with Crippen LogP contribution in [0.4, 0.5) is 0 Å². The van der Waals surface area contributed by atoms with Gasteiger partial charge in [-0.2, -0.15) is 0 Å². The van der Waals surface area contributed by atoms with Crippen LogP contribution in [0.2, 0.25) is 0 Å². The van der Waals surface area contributed by atoms with Crippen LogP contribution in [-0.4, -0.2) is 23.8 Å². The molecule has 20 heavy (non-hydrogen) atoms. The van der Waals surface area contributed by atoms with Gasteiger partial charge in [-0.25, -0.2) is 0 Å². The number of ketones is 1. The third kappa shape index (κ3) is 4.46. The van der Waals surface area contributed by atoms with Crippen LogP contribution < -0.4 is 11.1 Å². The van der Waals surface area contributed by atoms with E-state index in [9.17, 15) is 9.59 Å². The molecule has 0 heterocycles. The third-order valence-electron chi connectivity index (χ3n) is 3.28. The van der Waals surface area contributed by atoms with E-state index < -0.39 is 5.54 Å².